The molecular formula is C14H23NO3. The zero-order chi connectivity index (χ0) is 13.4. The van der Waals surface area contributed by atoms with Gasteiger partial charge in [0.25, 0.3) is 0 Å². The molecule has 4 nitrogen and oxygen atoms in total. The van der Waals surface area contributed by atoms with Gasteiger partial charge < -0.3 is 19.9 Å². The van der Waals surface area contributed by atoms with Gasteiger partial charge in [-0.05, 0) is 31.0 Å². The molecule has 0 aliphatic carbocycles. The lowest BCUT2D eigenvalue weighted by atomic mass is 10.1. The lowest BCUT2D eigenvalue weighted by molar-refractivity contribution is 0.0995. The van der Waals surface area contributed by atoms with Crippen LogP contribution in [0.2, 0.25) is 0 Å². The van der Waals surface area contributed by atoms with E-state index in [1.165, 1.54) is 0 Å². The monoisotopic (exact) mass is 253 g/mol. The van der Waals surface area contributed by atoms with E-state index in [0.717, 1.165) is 24.3 Å². The molecule has 0 fully saturated rings. The molecule has 0 aliphatic heterocycles. The Morgan fingerprint density at radius 1 is 1.17 bits per heavy atom. The second-order valence-corrected chi connectivity index (χ2v) is 4.16. The quantitative estimate of drug-likeness (QED) is 0.723. The third-order valence-electron chi connectivity index (χ3n) is 2.55. The maximum atomic E-state index is 5.83. The van der Waals surface area contributed by atoms with Crippen molar-refractivity contribution in [3.8, 4) is 11.5 Å². The highest BCUT2D eigenvalue weighted by atomic mass is 16.5. The van der Waals surface area contributed by atoms with Gasteiger partial charge in [-0.3, -0.25) is 0 Å². The number of benzene rings is 1. The molecule has 18 heavy (non-hydrogen) atoms. The molecule has 0 spiro atoms. The molecule has 0 radical (unpaired) electrons. The highest BCUT2D eigenvalue weighted by Gasteiger charge is 2.07. The summed E-state index contributed by atoms with van der Waals surface area (Å²) in [5.41, 5.74) is 6.86. The van der Waals surface area contributed by atoms with Gasteiger partial charge in [-0.25, -0.2) is 0 Å². The SMILES string of the molecule is CCCOCCOc1ccc([C@@H](C)N)cc1OC. The number of hydrogen-bond donors (Lipinski definition) is 1. The average molecular weight is 253 g/mol. The van der Waals surface area contributed by atoms with E-state index in [1.807, 2.05) is 25.1 Å². The smallest absolute Gasteiger partial charge is 0.161 e. The van der Waals surface area contributed by atoms with Gasteiger partial charge in [0, 0.05) is 12.6 Å². The van der Waals surface area contributed by atoms with Crippen LogP contribution >= 0.6 is 0 Å². The Morgan fingerprint density at radius 3 is 2.56 bits per heavy atom. The van der Waals surface area contributed by atoms with E-state index < -0.39 is 0 Å². The van der Waals surface area contributed by atoms with Crippen LogP contribution in [0.3, 0.4) is 0 Å². The molecule has 1 aromatic rings. The molecule has 0 amide bonds. The fourth-order valence-corrected chi connectivity index (χ4v) is 1.54. The Hall–Kier alpha value is -1.26. The van der Waals surface area contributed by atoms with Crippen molar-refractivity contribution in [3.05, 3.63) is 23.8 Å². The minimum atomic E-state index is -0.0131. The van der Waals surface area contributed by atoms with Crippen LogP contribution in [0, 0.1) is 0 Å². The van der Waals surface area contributed by atoms with Crippen molar-refractivity contribution in [2.75, 3.05) is 26.9 Å². The maximum absolute atomic E-state index is 5.83. The van der Waals surface area contributed by atoms with Crippen LogP contribution < -0.4 is 15.2 Å². The normalized spacial score (nSPS) is 12.2. The van der Waals surface area contributed by atoms with E-state index in [0.29, 0.717) is 19.0 Å². The topological polar surface area (TPSA) is 53.7 Å². The van der Waals surface area contributed by atoms with Gasteiger partial charge in [0.15, 0.2) is 11.5 Å². The second kappa shape index (κ2) is 7.95. The molecular weight excluding hydrogens is 230 g/mol. The first-order valence-corrected chi connectivity index (χ1v) is 6.33. The standard InChI is InChI=1S/C14H23NO3/c1-4-7-17-8-9-18-13-6-5-12(11(2)15)10-14(13)16-3/h5-6,10-11H,4,7-9,15H2,1-3H3/t11-/m1/s1. The van der Waals surface area contributed by atoms with Gasteiger partial charge in [0.1, 0.15) is 6.61 Å². The molecule has 0 unspecified atom stereocenters. The number of ether oxygens (including phenoxy) is 3. The van der Waals surface area contributed by atoms with E-state index in [1.54, 1.807) is 7.11 Å². The van der Waals surface area contributed by atoms with Crippen molar-refractivity contribution in [1.29, 1.82) is 0 Å². The molecule has 0 bridgehead atoms. The lowest BCUT2D eigenvalue weighted by Gasteiger charge is -2.13. The summed E-state index contributed by atoms with van der Waals surface area (Å²) < 4.78 is 16.3. The van der Waals surface area contributed by atoms with Gasteiger partial charge in [0.2, 0.25) is 0 Å². The molecule has 0 aromatic heterocycles. The molecule has 4 heteroatoms. The Balaban J connectivity index is 2.54. The van der Waals surface area contributed by atoms with Crippen LogP contribution in [-0.4, -0.2) is 26.9 Å². The minimum absolute atomic E-state index is 0.0131. The zero-order valence-electron chi connectivity index (χ0n) is 11.4. The molecule has 1 aromatic carbocycles. The van der Waals surface area contributed by atoms with Crippen LogP contribution in [0.15, 0.2) is 18.2 Å². The van der Waals surface area contributed by atoms with Gasteiger partial charge in [-0.1, -0.05) is 13.0 Å². The first-order chi connectivity index (χ1) is 8.69. The fourth-order valence-electron chi connectivity index (χ4n) is 1.54. The van der Waals surface area contributed by atoms with Crippen LogP contribution in [0.25, 0.3) is 0 Å². The second-order valence-electron chi connectivity index (χ2n) is 4.16. The van der Waals surface area contributed by atoms with Gasteiger partial charge in [0.05, 0.1) is 13.7 Å². The third kappa shape index (κ3) is 4.55. The largest absolute Gasteiger partial charge is 0.493 e. The molecule has 0 heterocycles. The predicted molar refractivity (Wildman–Crippen MR) is 72.2 cm³/mol. The van der Waals surface area contributed by atoms with Crippen LogP contribution in [0.5, 0.6) is 11.5 Å². The summed E-state index contributed by atoms with van der Waals surface area (Å²) in [6.07, 6.45) is 1.02. The highest BCUT2D eigenvalue weighted by molar-refractivity contribution is 5.43. The first-order valence-electron chi connectivity index (χ1n) is 6.33. The number of hydrogen-bond acceptors (Lipinski definition) is 4. The number of methoxy groups -OCH3 is 1. The zero-order valence-corrected chi connectivity index (χ0v) is 11.4. The summed E-state index contributed by atoms with van der Waals surface area (Å²) in [5, 5.41) is 0. The lowest BCUT2D eigenvalue weighted by Crippen LogP contribution is -2.09. The average Bonchev–Trinajstić information content (AvgIpc) is 2.38. The summed E-state index contributed by atoms with van der Waals surface area (Å²) in [7, 11) is 1.63. The summed E-state index contributed by atoms with van der Waals surface area (Å²) in [5.74, 6) is 1.43. The van der Waals surface area contributed by atoms with E-state index in [4.69, 9.17) is 19.9 Å². The minimum Gasteiger partial charge on any atom is -0.493 e. The van der Waals surface area contributed by atoms with Crippen molar-refractivity contribution >= 4 is 0 Å². The number of nitrogens with two attached hydrogens (primary N) is 1. The van der Waals surface area contributed by atoms with Crippen molar-refractivity contribution in [2.45, 2.75) is 26.3 Å². The Morgan fingerprint density at radius 2 is 1.94 bits per heavy atom. The summed E-state index contributed by atoms with van der Waals surface area (Å²) in [6, 6.07) is 5.74. The van der Waals surface area contributed by atoms with E-state index >= 15 is 0 Å². The molecule has 0 saturated carbocycles. The first kappa shape index (κ1) is 14.8. The Bertz CT molecular complexity index is 353. The Labute approximate surface area is 109 Å². The Kier molecular flexibility index (Phi) is 6.54. The number of rotatable bonds is 8. The van der Waals surface area contributed by atoms with Crippen molar-refractivity contribution < 1.29 is 14.2 Å². The van der Waals surface area contributed by atoms with Crippen molar-refractivity contribution in [3.63, 3.8) is 0 Å². The fraction of sp³-hybridized carbons (Fsp3) is 0.571. The van der Waals surface area contributed by atoms with Crippen molar-refractivity contribution in [1.82, 2.24) is 0 Å². The maximum Gasteiger partial charge on any atom is 0.161 e. The third-order valence-corrected chi connectivity index (χ3v) is 2.55. The molecule has 2 N–H and O–H groups in total. The summed E-state index contributed by atoms with van der Waals surface area (Å²) in [6.45, 7) is 5.90. The van der Waals surface area contributed by atoms with Crippen LogP contribution in [0.4, 0.5) is 0 Å². The molecule has 0 aliphatic rings. The molecule has 102 valence electrons. The molecule has 0 saturated heterocycles. The predicted octanol–water partition coefficient (Wildman–Crippen LogP) is 2.52. The highest BCUT2D eigenvalue weighted by Crippen LogP contribution is 2.29. The van der Waals surface area contributed by atoms with E-state index in [-0.39, 0.29) is 6.04 Å². The van der Waals surface area contributed by atoms with Crippen molar-refractivity contribution in [2.24, 2.45) is 5.73 Å². The summed E-state index contributed by atoms with van der Waals surface area (Å²) >= 11 is 0. The van der Waals surface area contributed by atoms with E-state index in [9.17, 15) is 0 Å². The van der Waals surface area contributed by atoms with E-state index in [2.05, 4.69) is 6.92 Å². The van der Waals surface area contributed by atoms with Gasteiger partial charge in [-0.15, -0.1) is 0 Å². The summed E-state index contributed by atoms with van der Waals surface area (Å²) in [4.78, 5) is 0. The molecule has 1 atom stereocenters. The molecule has 1 rings (SSSR count). The van der Waals surface area contributed by atoms with Gasteiger partial charge >= 0.3 is 0 Å². The van der Waals surface area contributed by atoms with Crippen LogP contribution in [-0.2, 0) is 4.74 Å². The van der Waals surface area contributed by atoms with Gasteiger partial charge in [-0.2, -0.15) is 0 Å². The van der Waals surface area contributed by atoms with Crippen LogP contribution in [0.1, 0.15) is 31.9 Å².